The van der Waals surface area contributed by atoms with Gasteiger partial charge in [0.25, 0.3) is 5.69 Å². The molecule has 0 spiro atoms. The molecule has 30 heavy (non-hydrogen) atoms. The molecule has 3 aromatic rings. The van der Waals surface area contributed by atoms with Crippen LogP contribution in [0.3, 0.4) is 0 Å². The van der Waals surface area contributed by atoms with Crippen molar-refractivity contribution in [3.63, 3.8) is 0 Å². The molecule has 0 aliphatic heterocycles. The summed E-state index contributed by atoms with van der Waals surface area (Å²) in [5.41, 5.74) is 7.70. The van der Waals surface area contributed by atoms with E-state index in [4.69, 9.17) is 10.6 Å². The zero-order valence-corrected chi connectivity index (χ0v) is 15.9. The summed E-state index contributed by atoms with van der Waals surface area (Å²) in [6.07, 6.45) is 0. The molecule has 0 saturated carbocycles. The average Bonchev–Trinajstić information content (AvgIpc) is 2.77. The van der Waals surface area contributed by atoms with Crippen LogP contribution in [-0.4, -0.2) is 22.5 Å². The Labute approximate surface area is 171 Å². The first kappa shape index (κ1) is 20.4. The Balaban J connectivity index is 1.80. The largest absolute Gasteiger partial charge is 0.380 e. The summed E-state index contributed by atoms with van der Waals surface area (Å²) >= 11 is 0. The van der Waals surface area contributed by atoms with Crippen molar-refractivity contribution in [1.29, 1.82) is 0 Å². The third-order valence-electron chi connectivity index (χ3n) is 4.31. The minimum Gasteiger partial charge on any atom is -0.380 e. The quantitative estimate of drug-likeness (QED) is 0.167. The van der Waals surface area contributed by atoms with Crippen molar-refractivity contribution in [1.82, 2.24) is 0 Å². The number of amidine groups is 1. The Morgan fingerprint density at radius 1 is 0.900 bits per heavy atom. The lowest BCUT2D eigenvalue weighted by Gasteiger charge is -2.07. The van der Waals surface area contributed by atoms with Crippen molar-refractivity contribution in [2.75, 3.05) is 0 Å². The Morgan fingerprint density at radius 3 is 2.07 bits per heavy atom. The van der Waals surface area contributed by atoms with Gasteiger partial charge in [0.15, 0.2) is 11.6 Å². The van der Waals surface area contributed by atoms with Crippen molar-refractivity contribution < 1.29 is 19.3 Å². The molecule has 8 heteroatoms. The van der Waals surface area contributed by atoms with Gasteiger partial charge in [-0.05, 0) is 25.1 Å². The highest BCUT2D eigenvalue weighted by Crippen LogP contribution is 2.17. The van der Waals surface area contributed by atoms with E-state index in [0.29, 0.717) is 11.1 Å². The summed E-state index contributed by atoms with van der Waals surface area (Å²) < 4.78 is 0. The molecule has 0 saturated heterocycles. The number of nitrogens with zero attached hydrogens (tertiary/aromatic N) is 2. The third kappa shape index (κ3) is 4.56. The minimum atomic E-state index is -0.851. The molecule has 0 aromatic heterocycles. The maximum absolute atomic E-state index is 12.8. The summed E-state index contributed by atoms with van der Waals surface area (Å²) in [5.74, 6) is -1.31. The molecule has 0 amide bonds. The lowest BCUT2D eigenvalue weighted by molar-refractivity contribution is -0.384. The van der Waals surface area contributed by atoms with E-state index < -0.39 is 10.9 Å². The van der Waals surface area contributed by atoms with Crippen molar-refractivity contribution in [3.05, 3.63) is 111 Å². The summed E-state index contributed by atoms with van der Waals surface area (Å²) in [4.78, 5) is 40.4. The van der Waals surface area contributed by atoms with E-state index in [2.05, 4.69) is 5.16 Å². The van der Waals surface area contributed by atoms with Gasteiger partial charge in [0.2, 0.25) is 0 Å². The molecule has 0 aliphatic carbocycles. The number of oxime groups is 1. The van der Waals surface area contributed by atoms with Gasteiger partial charge in [0.1, 0.15) is 0 Å². The van der Waals surface area contributed by atoms with E-state index >= 15 is 0 Å². The SMILES string of the molecule is Cc1ccc(C(=O)c2ccccc2C(=O)O/N=C(\N)c2ccc([N+](=O)[O-])cc2)cc1. The number of benzene rings is 3. The molecule has 0 radical (unpaired) electrons. The number of nitro groups is 1. The Morgan fingerprint density at radius 2 is 1.47 bits per heavy atom. The van der Waals surface area contributed by atoms with E-state index in [1.54, 1.807) is 24.3 Å². The van der Waals surface area contributed by atoms with Crippen LogP contribution in [0.25, 0.3) is 0 Å². The number of non-ortho nitro benzene ring substituents is 1. The average molecular weight is 403 g/mol. The van der Waals surface area contributed by atoms with Crippen LogP contribution >= 0.6 is 0 Å². The van der Waals surface area contributed by atoms with Gasteiger partial charge in [-0.3, -0.25) is 14.9 Å². The number of ketones is 1. The van der Waals surface area contributed by atoms with E-state index in [9.17, 15) is 19.7 Å². The van der Waals surface area contributed by atoms with Gasteiger partial charge in [-0.1, -0.05) is 53.2 Å². The van der Waals surface area contributed by atoms with E-state index in [0.717, 1.165) is 5.56 Å². The lowest BCUT2D eigenvalue weighted by atomic mass is 9.98. The predicted molar refractivity (Wildman–Crippen MR) is 110 cm³/mol. The van der Waals surface area contributed by atoms with Gasteiger partial charge in [-0.15, -0.1) is 0 Å². The van der Waals surface area contributed by atoms with Crippen molar-refractivity contribution >= 4 is 23.3 Å². The fourth-order valence-electron chi connectivity index (χ4n) is 2.67. The molecular weight excluding hydrogens is 386 g/mol. The van der Waals surface area contributed by atoms with Gasteiger partial charge in [-0.2, -0.15) is 0 Å². The molecule has 3 aromatic carbocycles. The second-order valence-corrected chi connectivity index (χ2v) is 6.40. The molecule has 0 atom stereocenters. The highest BCUT2D eigenvalue weighted by atomic mass is 16.7. The Hall–Kier alpha value is -4.33. The van der Waals surface area contributed by atoms with Gasteiger partial charge in [-0.25, -0.2) is 4.79 Å². The van der Waals surface area contributed by atoms with Crippen molar-refractivity contribution in [2.24, 2.45) is 10.9 Å². The van der Waals surface area contributed by atoms with Gasteiger partial charge < -0.3 is 10.6 Å². The molecule has 0 bridgehead atoms. The monoisotopic (exact) mass is 403 g/mol. The molecule has 150 valence electrons. The van der Waals surface area contributed by atoms with Gasteiger partial charge >= 0.3 is 5.97 Å². The number of aryl methyl sites for hydroxylation is 1. The molecule has 0 heterocycles. The zero-order chi connectivity index (χ0) is 21.7. The number of nitro benzene ring substituents is 1. The minimum absolute atomic E-state index is 0.0447. The topological polar surface area (TPSA) is 125 Å². The van der Waals surface area contributed by atoms with Crippen LogP contribution in [0, 0.1) is 17.0 Å². The molecule has 0 aliphatic rings. The van der Waals surface area contributed by atoms with Crippen LogP contribution < -0.4 is 5.73 Å². The second-order valence-electron chi connectivity index (χ2n) is 6.40. The first-order valence-corrected chi connectivity index (χ1v) is 8.87. The van der Waals surface area contributed by atoms with Crippen molar-refractivity contribution in [3.8, 4) is 0 Å². The van der Waals surface area contributed by atoms with Crippen LogP contribution in [0.15, 0.2) is 78.0 Å². The van der Waals surface area contributed by atoms with Gasteiger partial charge in [0, 0.05) is 28.8 Å². The number of nitrogens with two attached hydrogens (primary N) is 1. The Bertz CT molecular complexity index is 1140. The highest BCUT2D eigenvalue weighted by molar-refractivity contribution is 6.14. The predicted octanol–water partition coefficient (Wildman–Crippen LogP) is 3.61. The molecule has 0 fully saturated rings. The number of hydrogen-bond acceptors (Lipinski definition) is 6. The maximum atomic E-state index is 12.8. The summed E-state index contributed by atoms with van der Waals surface area (Å²) in [6.45, 7) is 1.91. The van der Waals surface area contributed by atoms with Gasteiger partial charge in [0.05, 0.1) is 10.5 Å². The molecule has 0 unspecified atom stereocenters. The van der Waals surface area contributed by atoms with Crippen LogP contribution in [-0.2, 0) is 4.84 Å². The molecular formula is C22H17N3O5. The molecule has 2 N–H and O–H groups in total. The lowest BCUT2D eigenvalue weighted by Crippen LogP contribution is -2.16. The van der Waals surface area contributed by atoms with E-state index in [1.165, 1.54) is 36.4 Å². The smallest absolute Gasteiger partial charge is 0.366 e. The number of carbonyl (C=O) groups is 2. The molecule has 8 nitrogen and oxygen atoms in total. The zero-order valence-electron chi connectivity index (χ0n) is 15.9. The second kappa shape index (κ2) is 8.78. The first-order valence-electron chi connectivity index (χ1n) is 8.87. The summed E-state index contributed by atoms with van der Waals surface area (Å²) in [5, 5.41) is 14.3. The third-order valence-corrected chi connectivity index (χ3v) is 4.31. The van der Waals surface area contributed by atoms with E-state index in [1.807, 2.05) is 19.1 Å². The standard InChI is InChI=1S/C22H17N3O5/c1-14-6-8-15(9-7-14)20(26)18-4-2-3-5-19(18)22(27)30-24-21(23)16-10-12-17(13-11-16)25(28)29/h2-13H,1H3,(H2,23,24). The summed E-state index contributed by atoms with van der Waals surface area (Å²) in [7, 11) is 0. The van der Waals surface area contributed by atoms with Crippen LogP contribution in [0.4, 0.5) is 5.69 Å². The Kier molecular flexibility index (Phi) is 5.97. The highest BCUT2D eigenvalue weighted by Gasteiger charge is 2.19. The fourth-order valence-corrected chi connectivity index (χ4v) is 2.67. The fraction of sp³-hybridized carbons (Fsp3) is 0.0455. The van der Waals surface area contributed by atoms with Crippen LogP contribution in [0.1, 0.15) is 37.4 Å². The van der Waals surface area contributed by atoms with Crippen molar-refractivity contribution in [2.45, 2.75) is 6.92 Å². The molecule has 3 rings (SSSR count). The van der Waals surface area contributed by atoms with Crippen LogP contribution in [0.5, 0.6) is 0 Å². The number of hydrogen-bond donors (Lipinski definition) is 1. The number of carbonyl (C=O) groups excluding carboxylic acids is 2. The normalized spacial score (nSPS) is 11.0. The summed E-state index contributed by atoms with van der Waals surface area (Å²) in [6, 6.07) is 18.5. The maximum Gasteiger partial charge on any atom is 0.366 e. The number of rotatable bonds is 6. The van der Waals surface area contributed by atoms with Crippen LogP contribution in [0.2, 0.25) is 0 Å². The first-order chi connectivity index (χ1) is 14.4. The van der Waals surface area contributed by atoms with E-state index in [-0.39, 0.29) is 28.4 Å².